The van der Waals surface area contributed by atoms with Gasteiger partial charge in [-0.1, -0.05) is 11.6 Å². The summed E-state index contributed by atoms with van der Waals surface area (Å²) in [7, 11) is 1.58. The molecule has 2 aromatic rings. The molecule has 23 heavy (non-hydrogen) atoms. The number of aliphatic hydroxyl groups is 1. The molecule has 1 aliphatic heterocycles. The molecule has 124 valence electrons. The van der Waals surface area contributed by atoms with Crippen LogP contribution in [0.5, 0.6) is 5.88 Å². The van der Waals surface area contributed by atoms with Crippen LogP contribution < -0.4 is 10.5 Å². The summed E-state index contributed by atoms with van der Waals surface area (Å²) < 4.78 is 5.12. The van der Waals surface area contributed by atoms with Gasteiger partial charge < -0.3 is 15.6 Å². The standard InChI is InChI=1S/C16H21ClN4O2/c1-23-16-3-2-13-14(20-16)6-11(17)12(19-13)4-5-21-8-10(7-18)15(22)9-21/h2-3,6,10,15,22H,4-5,7-9,18H2,1H3/t10-,15+/m0/s1. The Morgan fingerprint density at radius 3 is 2.87 bits per heavy atom. The van der Waals surface area contributed by atoms with Gasteiger partial charge in [-0.2, -0.15) is 0 Å². The zero-order valence-electron chi connectivity index (χ0n) is 13.1. The van der Waals surface area contributed by atoms with E-state index in [4.69, 9.17) is 22.1 Å². The van der Waals surface area contributed by atoms with Crippen LogP contribution in [0.3, 0.4) is 0 Å². The number of fused-ring (bicyclic) bond motifs is 1. The van der Waals surface area contributed by atoms with Crippen LogP contribution in [-0.4, -0.2) is 59.4 Å². The summed E-state index contributed by atoms with van der Waals surface area (Å²) in [6.45, 7) is 2.79. The monoisotopic (exact) mass is 336 g/mol. The second-order valence-corrected chi connectivity index (χ2v) is 6.29. The zero-order chi connectivity index (χ0) is 16.4. The minimum Gasteiger partial charge on any atom is -0.481 e. The second kappa shape index (κ2) is 6.97. The fourth-order valence-electron chi connectivity index (χ4n) is 2.96. The number of nitrogens with two attached hydrogens (primary N) is 1. The van der Waals surface area contributed by atoms with Crippen LogP contribution >= 0.6 is 11.6 Å². The van der Waals surface area contributed by atoms with Crippen molar-refractivity contribution in [1.82, 2.24) is 14.9 Å². The topological polar surface area (TPSA) is 84.5 Å². The highest BCUT2D eigenvalue weighted by atomic mass is 35.5. The highest BCUT2D eigenvalue weighted by Crippen LogP contribution is 2.23. The number of β-amino-alcohol motifs (C(OH)–C–C–N with tert-alkyl or cyclic N) is 1. The predicted octanol–water partition coefficient (Wildman–Crippen LogP) is 1.09. The highest BCUT2D eigenvalue weighted by molar-refractivity contribution is 6.31. The van der Waals surface area contributed by atoms with Gasteiger partial charge in [0.05, 0.1) is 35.0 Å². The van der Waals surface area contributed by atoms with Crippen molar-refractivity contribution >= 4 is 22.6 Å². The van der Waals surface area contributed by atoms with Gasteiger partial charge in [0.15, 0.2) is 0 Å². The Morgan fingerprint density at radius 2 is 2.17 bits per heavy atom. The molecule has 0 radical (unpaired) electrons. The number of halogens is 1. The zero-order valence-corrected chi connectivity index (χ0v) is 13.8. The number of hydrogen-bond acceptors (Lipinski definition) is 6. The Bertz CT molecular complexity index is 697. The summed E-state index contributed by atoms with van der Waals surface area (Å²) in [6.07, 6.45) is 0.391. The van der Waals surface area contributed by atoms with Crippen molar-refractivity contribution in [2.75, 3.05) is 33.3 Å². The first kappa shape index (κ1) is 16.4. The van der Waals surface area contributed by atoms with E-state index >= 15 is 0 Å². The number of nitrogens with zero attached hydrogens (tertiary/aromatic N) is 3. The molecule has 0 amide bonds. The summed E-state index contributed by atoms with van der Waals surface area (Å²) in [6, 6.07) is 5.49. The SMILES string of the molecule is COc1ccc2nc(CCN3C[C@H](CN)[C@H](O)C3)c(Cl)cc2n1. The molecule has 1 saturated heterocycles. The lowest BCUT2D eigenvalue weighted by Crippen LogP contribution is -2.26. The number of rotatable bonds is 5. The van der Waals surface area contributed by atoms with Gasteiger partial charge in [0.2, 0.25) is 5.88 Å². The third kappa shape index (κ3) is 3.55. The van der Waals surface area contributed by atoms with Gasteiger partial charge in [-0.05, 0) is 18.7 Å². The second-order valence-electron chi connectivity index (χ2n) is 5.88. The van der Waals surface area contributed by atoms with Gasteiger partial charge in [0, 0.05) is 38.0 Å². The van der Waals surface area contributed by atoms with Crippen molar-refractivity contribution in [2.24, 2.45) is 11.7 Å². The normalized spacial score (nSPS) is 21.9. The molecule has 2 aromatic heterocycles. The molecule has 2 atom stereocenters. The fourth-order valence-corrected chi connectivity index (χ4v) is 3.20. The Kier molecular flexibility index (Phi) is 4.96. The molecule has 3 N–H and O–H groups in total. The smallest absolute Gasteiger partial charge is 0.213 e. The van der Waals surface area contributed by atoms with E-state index in [9.17, 15) is 5.11 Å². The average Bonchev–Trinajstić information content (AvgIpc) is 2.92. The molecule has 0 spiro atoms. The van der Waals surface area contributed by atoms with Crippen molar-refractivity contribution in [1.29, 1.82) is 0 Å². The van der Waals surface area contributed by atoms with Gasteiger partial charge in [0.25, 0.3) is 0 Å². The summed E-state index contributed by atoms with van der Waals surface area (Å²) in [4.78, 5) is 11.1. The van der Waals surface area contributed by atoms with Gasteiger partial charge in [-0.15, -0.1) is 0 Å². The number of aliphatic hydroxyl groups excluding tert-OH is 1. The number of hydrogen-bond donors (Lipinski definition) is 2. The van der Waals surface area contributed by atoms with E-state index in [0.717, 1.165) is 36.2 Å². The van der Waals surface area contributed by atoms with Crippen molar-refractivity contribution in [2.45, 2.75) is 12.5 Å². The minimum absolute atomic E-state index is 0.159. The quantitative estimate of drug-likeness (QED) is 0.850. The number of methoxy groups -OCH3 is 1. The van der Waals surface area contributed by atoms with Crippen LogP contribution in [0.4, 0.5) is 0 Å². The summed E-state index contributed by atoms with van der Waals surface area (Å²) in [5.41, 5.74) is 8.03. The largest absolute Gasteiger partial charge is 0.481 e. The maximum Gasteiger partial charge on any atom is 0.213 e. The van der Waals surface area contributed by atoms with Crippen molar-refractivity contribution in [3.05, 3.63) is 28.9 Å². The summed E-state index contributed by atoms with van der Waals surface area (Å²) in [5.74, 6) is 0.702. The Labute approximate surface area is 140 Å². The van der Waals surface area contributed by atoms with E-state index in [1.54, 1.807) is 13.2 Å². The molecule has 7 heteroatoms. The van der Waals surface area contributed by atoms with E-state index in [2.05, 4.69) is 14.9 Å². The molecule has 6 nitrogen and oxygen atoms in total. The molecule has 0 aliphatic carbocycles. The highest BCUT2D eigenvalue weighted by Gasteiger charge is 2.29. The van der Waals surface area contributed by atoms with Crippen LogP contribution in [0.2, 0.25) is 5.02 Å². The van der Waals surface area contributed by atoms with E-state index in [-0.39, 0.29) is 12.0 Å². The maximum atomic E-state index is 9.92. The third-order valence-electron chi connectivity index (χ3n) is 4.33. The van der Waals surface area contributed by atoms with Crippen molar-refractivity contribution in [3.8, 4) is 5.88 Å². The summed E-state index contributed by atoms with van der Waals surface area (Å²) >= 11 is 6.34. The lowest BCUT2D eigenvalue weighted by atomic mass is 10.1. The first-order valence-corrected chi connectivity index (χ1v) is 8.09. The molecular formula is C16H21ClN4O2. The van der Waals surface area contributed by atoms with Crippen molar-refractivity contribution in [3.63, 3.8) is 0 Å². The van der Waals surface area contributed by atoms with Gasteiger partial charge in [0.1, 0.15) is 0 Å². The molecule has 0 bridgehead atoms. The third-order valence-corrected chi connectivity index (χ3v) is 4.66. The van der Waals surface area contributed by atoms with Gasteiger partial charge in [-0.3, -0.25) is 4.90 Å². The van der Waals surface area contributed by atoms with Crippen LogP contribution in [0.15, 0.2) is 18.2 Å². The number of pyridine rings is 2. The van der Waals surface area contributed by atoms with E-state index < -0.39 is 0 Å². The Hall–Kier alpha value is -1.47. The van der Waals surface area contributed by atoms with Crippen LogP contribution in [0.1, 0.15) is 5.69 Å². The Morgan fingerprint density at radius 1 is 1.35 bits per heavy atom. The maximum absolute atomic E-state index is 9.92. The van der Waals surface area contributed by atoms with Crippen LogP contribution in [0, 0.1) is 5.92 Å². The summed E-state index contributed by atoms with van der Waals surface area (Å²) in [5, 5.41) is 10.5. The molecule has 3 rings (SSSR count). The molecule has 0 aromatic carbocycles. The van der Waals surface area contributed by atoms with E-state index in [1.807, 2.05) is 12.1 Å². The molecule has 1 aliphatic rings. The van der Waals surface area contributed by atoms with Gasteiger partial charge >= 0.3 is 0 Å². The van der Waals surface area contributed by atoms with E-state index in [0.29, 0.717) is 24.0 Å². The number of ether oxygens (including phenoxy) is 1. The molecule has 0 saturated carbocycles. The van der Waals surface area contributed by atoms with Crippen molar-refractivity contribution < 1.29 is 9.84 Å². The first-order valence-electron chi connectivity index (χ1n) is 7.71. The fraction of sp³-hybridized carbons (Fsp3) is 0.500. The lowest BCUT2D eigenvalue weighted by Gasteiger charge is -2.15. The van der Waals surface area contributed by atoms with Crippen LogP contribution in [0.25, 0.3) is 11.0 Å². The lowest BCUT2D eigenvalue weighted by molar-refractivity contribution is 0.144. The number of likely N-dealkylation sites (tertiary alicyclic amines) is 1. The van der Waals surface area contributed by atoms with Gasteiger partial charge in [-0.25, -0.2) is 9.97 Å². The minimum atomic E-state index is -0.336. The molecule has 3 heterocycles. The van der Waals surface area contributed by atoms with Crippen LogP contribution in [-0.2, 0) is 6.42 Å². The Balaban J connectivity index is 1.72. The van der Waals surface area contributed by atoms with E-state index in [1.165, 1.54) is 0 Å². The number of aromatic nitrogens is 2. The average molecular weight is 337 g/mol. The molecule has 1 fully saturated rings. The first-order chi connectivity index (χ1) is 11.1. The predicted molar refractivity (Wildman–Crippen MR) is 89.8 cm³/mol. The molecular weight excluding hydrogens is 316 g/mol. The molecule has 0 unspecified atom stereocenters.